The average molecular weight is 390 g/mol. The van der Waals surface area contributed by atoms with Crippen molar-refractivity contribution < 1.29 is 17.6 Å². The molecule has 5 nitrogen and oxygen atoms in total. The smallest absolute Gasteiger partial charge is 0.243 e. The molecule has 0 saturated carbocycles. The SMILES string of the molecule is O=C(C[C@@H]1CCCCN1S(=O)(=O)c1ccc(F)cc1)NCc1ccccc1. The van der Waals surface area contributed by atoms with Gasteiger partial charge >= 0.3 is 0 Å². The van der Waals surface area contributed by atoms with Crippen LogP contribution in [-0.4, -0.2) is 31.2 Å². The van der Waals surface area contributed by atoms with Crippen LogP contribution in [0.4, 0.5) is 4.39 Å². The summed E-state index contributed by atoms with van der Waals surface area (Å²) >= 11 is 0. The molecule has 7 heteroatoms. The van der Waals surface area contributed by atoms with Gasteiger partial charge in [-0.1, -0.05) is 36.8 Å². The quantitative estimate of drug-likeness (QED) is 0.824. The molecule has 0 radical (unpaired) electrons. The summed E-state index contributed by atoms with van der Waals surface area (Å²) in [5.41, 5.74) is 0.991. The molecular formula is C20H23FN2O3S. The minimum atomic E-state index is -3.75. The lowest BCUT2D eigenvalue weighted by molar-refractivity contribution is -0.122. The maximum Gasteiger partial charge on any atom is 0.243 e. The van der Waals surface area contributed by atoms with Crippen LogP contribution in [0.5, 0.6) is 0 Å². The first-order valence-electron chi connectivity index (χ1n) is 9.05. The van der Waals surface area contributed by atoms with Crippen LogP contribution in [0.25, 0.3) is 0 Å². The lowest BCUT2D eigenvalue weighted by Gasteiger charge is -2.34. The summed E-state index contributed by atoms with van der Waals surface area (Å²) in [5.74, 6) is -0.658. The van der Waals surface area contributed by atoms with E-state index < -0.39 is 15.8 Å². The highest BCUT2D eigenvalue weighted by molar-refractivity contribution is 7.89. The summed E-state index contributed by atoms with van der Waals surface area (Å²) in [6, 6.07) is 14.0. The van der Waals surface area contributed by atoms with E-state index in [0.29, 0.717) is 19.5 Å². The number of hydrogen-bond acceptors (Lipinski definition) is 3. The molecule has 0 bridgehead atoms. The Morgan fingerprint density at radius 3 is 2.48 bits per heavy atom. The van der Waals surface area contributed by atoms with E-state index in [1.54, 1.807) is 0 Å². The van der Waals surface area contributed by atoms with Gasteiger partial charge in [0.2, 0.25) is 15.9 Å². The zero-order valence-electron chi connectivity index (χ0n) is 15.0. The molecule has 1 aliphatic rings. The van der Waals surface area contributed by atoms with Crippen molar-refractivity contribution in [1.82, 2.24) is 9.62 Å². The van der Waals surface area contributed by atoms with Crippen LogP contribution in [0.15, 0.2) is 59.5 Å². The van der Waals surface area contributed by atoms with Gasteiger partial charge in [-0.25, -0.2) is 12.8 Å². The van der Waals surface area contributed by atoms with Gasteiger partial charge in [-0.3, -0.25) is 4.79 Å². The maximum atomic E-state index is 13.1. The van der Waals surface area contributed by atoms with Crippen molar-refractivity contribution in [3.8, 4) is 0 Å². The summed E-state index contributed by atoms with van der Waals surface area (Å²) in [5, 5.41) is 2.86. The van der Waals surface area contributed by atoms with Crippen LogP contribution in [0.1, 0.15) is 31.2 Å². The molecule has 0 aliphatic carbocycles. The van der Waals surface area contributed by atoms with E-state index in [9.17, 15) is 17.6 Å². The number of benzene rings is 2. The minimum Gasteiger partial charge on any atom is -0.352 e. The lowest BCUT2D eigenvalue weighted by Crippen LogP contribution is -2.45. The number of carbonyl (C=O) groups excluding carboxylic acids is 1. The Morgan fingerprint density at radius 1 is 1.07 bits per heavy atom. The molecule has 0 unspecified atom stereocenters. The monoisotopic (exact) mass is 390 g/mol. The van der Waals surface area contributed by atoms with Gasteiger partial charge in [-0.2, -0.15) is 4.31 Å². The normalized spacial score (nSPS) is 18.2. The zero-order valence-corrected chi connectivity index (χ0v) is 15.8. The van der Waals surface area contributed by atoms with E-state index >= 15 is 0 Å². The molecule has 1 fully saturated rings. The van der Waals surface area contributed by atoms with Crippen molar-refractivity contribution in [1.29, 1.82) is 0 Å². The third-order valence-corrected chi connectivity index (χ3v) is 6.71. The molecule has 0 spiro atoms. The Balaban J connectivity index is 1.67. The van der Waals surface area contributed by atoms with Crippen LogP contribution in [0.3, 0.4) is 0 Å². The lowest BCUT2D eigenvalue weighted by atomic mass is 10.0. The standard InChI is InChI=1S/C20H23FN2O3S/c21-17-9-11-19(12-10-17)27(25,26)23-13-5-4-8-18(23)14-20(24)22-15-16-6-2-1-3-7-16/h1-3,6-7,9-12,18H,4-5,8,13-15H2,(H,22,24)/t18-/m0/s1. The molecule has 3 rings (SSSR count). The van der Waals surface area contributed by atoms with Crippen LogP contribution < -0.4 is 5.32 Å². The fourth-order valence-corrected chi connectivity index (χ4v) is 5.01. The number of amides is 1. The van der Waals surface area contributed by atoms with Gasteiger partial charge in [0.05, 0.1) is 4.90 Å². The first kappa shape index (κ1) is 19.5. The first-order valence-corrected chi connectivity index (χ1v) is 10.5. The Hall–Kier alpha value is -2.25. The van der Waals surface area contributed by atoms with Gasteiger partial charge in [0.1, 0.15) is 5.82 Å². The molecule has 27 heavy (non-hydrogen) atoms. The summed E-state index contributed by atoms with van der Waals surface area (Å²) < 4.78 is 40.4. The molecule has 2 aromatic carbocycles. The van der Waals surface area contributed by atoms with E-state index in [0.717, 1.165) is 30.5 Å². The Morgan fingerprint density at radius 2 is 1.78 bits per heavy atom. The van der Waals surface area contributed by atoms with Gasteiger partial charge in [0, 0.05) is 25.6 Å². The van der Waals surface area contributed by atoms with Crippen LogP contribution >= 0.6 is 0 Å². The molecule has 1 amide bonds. The highest BCUT2D eigenvalue weighted by Crippen LogP contribution is 2.27. The van der Waals surface area contributed by atoms with E-state index in [2.05, 4.69) is 5.32 Å². The van der Waals surface area contributed by atoms with Crippen molar-refractivity contribution in [3.63, 3.8) is 0 Å². The fraction of sp³-hybridized carbons (Fsp3) is 0.350. The van der Waals surface area contributed by atoms with Crippen molar-refractivity contribution >= 4 is 15.9 Å². The third kappa shape index (κ3) is 4.93. The fourth-order valence-electron chi connectivity index (χ4n) is 3.32. The second-order valence-electron chi connectivity index (χ2n) is 6.69. The second-order valence-corrected chi connectivity index (χ2v) is 8.58. The van der Waals surface area contributed by atoms with Gasteiger partial charge in [-0.15, -0.1) is 0 Å². The second kappa shape index (κ2) is 8.63. The van der Waals surface area contributed by atoms with E-state index in [1.165, 1.54) is 16.4 Å². The summed E-state index contributed by atoms with van der Waals surface area (Å²) in [6.45, 7) is 0.785. The molecule has 1 aliphatic heterocycles. The highest BCUT2D eigenvalue weighted by atomic mass is 32.2. The van der Waals surface area contributed by atoms with E-state index in [1.807, 2.05) is 30.3 Å². The summed E-state index contributed by atoms with van der Waals surface area (Å²) in [6.07, 6.45) is 2.39. The van der Waals surface area contributed by atoms with Crippen molar-refractivity contribution in [2.75, 3.05) is 6.54 Å². The maximum absolute atomic E-state index is 13.1. The number of rotatable bonds is 6. The number of halogens is 1. The van der Waals surface area contributed by atoms with Crippen molar-refractivity contribution in [2.24, 2.45) is 0 Å². The zero-order chi connectivity index (χ0) is 19.3. The Labute approximate surface area is 159 Å². The van der Waals surface area contributed by atoms with E-state index in [4.69, 9.17) is 0 Å². The molecule has 1 saturated heterocycles. The Kier molecular flexibility index (Phi) is 6.23. The molecule has 1 heterocycles. The minimum absolute atomic E-state index is 0.0560. The van der Waals surface area contributed by atoms with Crippen LogP contribution in [0.2, 0.25) is 0 Å². The molecule has 1 N–H and O–H groups in total. The molecule has 1 atom stereocenters. The van der Waals surface area contributed by atoms with Gasteiger partial charge in [0.15, 0.2) is 0 Å². The average Bonchev–Trinajstić information content (AvgIpc) is 2.68. The summed E-state index contributed by atoms with van der Waals surface area (Å²) in [4.78, 5) is 12.4. The molecule has 144 valence electrons. The van der Waals surface area contributed by atoms with Gasteiger partial charge in [-0.05, 0) is 42.7 Å². The van der Waals surface area contributed by atoms with Crippen molar-refractivity contribution in [3.05, 3.63) is 66.0 Å². The number of hydrogen-bond donors (Lipinski definition) is 1. The topological polar surface area (TPSA) is 66.5 Å². The predicted octanol–water partition coefficient (Wildman–Crippen LogP) is 3.08. The molecule has 0 aromatic heterocycles. The third-order valence-electron chi connectivity index (χ3n) is 4.75. The number of carbonyl (C=O) groups is 1. The van der Waals surface area contributed by atoms with Crippen LogP contribution in [0, 0.1) is 5.82 Å². The highest BCUT2D eigenvalue weighted by Gasteiger charge is 2.34. The summed E-state index contributed by atoms with van der Waals surface area (Å²) in [7, 11) is -3.75. The van der Waals surface area contributed by atoms with Gasteiger partial charge < -0.3 is 5.32 Å². The number of piperidine rings is 1. The largest absolute Gasteiger partial charge is 0.352 e. The van der Waals surface area contributed by atoms with Crippen molar-refractivity contribution in [2.45, 2.75) is 43.2 Å². The Bertz CT molecular complexity index is 870. The van der Waals surface area contributed by atoms with Crippen LogP contribution in [-0.2, 0) is 21.4 Å². The molecular weight excluding hydrogens is 367 g/mol. The molecule has 2 aromatic rings. The van der Waals surface area contributed by atoms with E-state index in [-0.39, 0.29) is 23.3 Å². The predicted molar refractivity (Wildman–Crippen MR) is 101 cm³/mol. The first-order chi connectivity index (χ1) is 13.0. The number of nitrogens with zero attached hydrogens (tertiary/aromatic N) is 1. The number of sulfonamides is 1. The van der Waals surface area contributed by atoms with Gasteiger partial charge in [0.25, 0.3) is 0 Å². The number of nitrogens with one attached hydrogen (secondary N) is 1.